The number of ether oxygens (including phenoxy) is 1. The first-order valence-electron chi connectivity index (χ1n) is 7.41. The van der Waals surface area contributed by atoms with Crippen molar-refractivity contribution < 1.29 is 14.3 Å². The highest BCUT2D eigenvalue weighted by Gasteiger charge is 2.18. The number of hydrogen-bond acceptors (Lipinski definition) is 6. The van der Waals surface area contributed by atoms with Gasteiger partial charge in [0.15, 0.2) is 4.34 Å². The average Bonchev–Trinajstić information content (AvgIpc) is 2.97. The van der Waals surface area contributed by atoms with E-state index in [1.54, 1.807) is 37.4 Å². The molecule has 0 aliphatic rings. The smallest absolute Gasteiger partial charge is 0.311 e. The fourth-order valence-electron chi connectivity index (χ4n) is 1.81. The van der Waals surface area contributed by atoms with E-state index in [0.29, 0.717) is 32.4 Å². The summed E-state index contributed by atoms with van der Waals surface area (Å²) in [5, 5.41) is 5.06. The summed E-state index contributed by atoms with van der Waals surface area (Å²) in [6.07, 6.45) is 0.131. The van der Waals surface area contributed by atoms with E-state index in [1.807, 2.05) is 0 Å². The molecule has 0 aliphatic heterocycles. The Hall–Kier alpha value is -1.28. The number of carbonyl (C=O) groups is 2. The van der Waals surface area contributed by atoms with Gasteiger partial charge >= 0.3 is 5.97 Å². The molecule has 1 aromatic carbocycles. The van der Waals surface area contributed by atoms with Gasteiger partial charge in [0.25, 0.3) is 0 Å². The Labute approximate surface area is 164 Å². The molecule has 1 unspecified atom stereocenters. The highest BCUT2D eigenvalue weighted by atomic mass is 35.5. The Balaban J connectivity index is 1.92. The molecule has 0 fully saturated rings. The summed E-state index contributed by atoms with van der Waals surface area (Å²) in [6.45, 7) is 3.87. The molecule has 5 nitrogen and oxygen atoms in total. The van der Waals surface area contributed by atoms with Crippen molar-refractivity contribution in [3.63, 3.8) is 0 Å². The van der Waals surface area contributed by atoms with Crippen molar-refractivity contribution in [2.75, 3.05) is 11.9 Å². The number of thioether (sulfide) groups is 1. The van der Waals surface area contributed by atoms with Crippen molar-refractivity contribution in [2.24, 2.45) is 0 Å². The lowest BCUT2D eigenvalue weighted by Gasteiger charge is -2.11. The number of thiazole rings is 1. The molecule has 0 aliphatic carbocycles. The summed E-state index contributed by atoms with van der Waals surface area (Å²) in [5.41, 5.74) is 1.14. The van der Waals surface area contributed by atoms with Crippen LogP contribution in [0.4, 0.5) is 5.69 Å². The molecular weight excluding hydrogens is 403 g/mol. The van der Waals surface area contributed by atoms with Crippen molar-refractivity contribution in [1.29, 1.82) is 0 Å². The quantitative estimate of drug-likeness (QED) is 0.522. The topological polar surface area (TPSA) is 68.3 Å². The molecule has 1 atom stereocenters. The zero-order chi connectivity index (χ0) is 18.4. The van der Waals surface area contributed by atoms with Crippen LogP contribution in [0.25, 0.3) is 0 Å². The van der Waals surface area contributed by atoms with Gasteiger partial charge in [0.2, 0.25) is 5.91 Å². The molecule has 2 rings (SSSR count). The van der Waals surface area contributed by atoms with Gasteiger partial charge in [-0.05, 0) is 32.0 Å². The van der Waals surface area contributed by atoms with Crippen LogP contribution in [-0.2, 0) is 20.7 Å². The third-order valence-corrected chi connectivity index (χ3v) is 5.67. The first kappa shape index (κ1) is 20.0. The number of rotatable bonds is 7. The van der Waals surface area contributed by atoms with E-state index >= 15 is 0 Å². The monoisotopic (exact) mass is 418 g/mol. The van der Waals surface area contributed by atoms with E-state index in [-0.39, 0.29) is 23.5 Å². The molecule has 9 heteroatoms. The molecular formula is C16H16Cl2N2O3S2. The van der Waals surface area contributed by atoms with Crippen molar-refractivity contribution in [3.05, 3.63) is 39.3 Å². The maximum Gasteiger partial charge on any atom is 0.311 e. The maximum absolute atomic E-state index is 12.3. The van der Waals surface area contributed by atoms with E-state index in [1.165, 1.54) is 23.1 Å². The molecule has 1 heterocycles. The molecule has 0 saturated heterocycles. The second kappa shape index (κ2) is 9.43. The van der Waals surface area contributed by atoms with Crippen LogP contribution in [0.1, 0.15) is 19.5 Å². The summed E-state index contributed by atoms with van der Waals surface area (Å²) < 4.78 is 5.61. The fourth-order valence-corrected chi connectivity index (χ4v) is 4.25. The summed E-state index contributed by atoms with van der Waals surface area (Å²) in [5.74, 6) is -0.510. The molecule has 1 N–H and O–H groups in total. The summed E-state index contributed by atoms with van der Waals surface area (Å²) in [4.78, 5) is 28.1. The number of hydrogen-bond donors (Lipinski definition) is 1. The molecule has 0 bridgehead atoms. The van der Waals surface area contributed by atoms with Crippen LogP contribution in [0.3, 0.4) is 0 Å². The Morgan fingerprint density at radius 1 is 1.40 bits per heavy atom. The van der Waals surface area contributed by atoms with E-state index in [4.69, 9.17) is 27.9 Å². The molecule has 0 saturated carbocycles. The first-order chi connectivity index (χ1) is 11.9. The molecule has 0 radical (unpaired) electrons. The number of esters is 1. The minimum absolute atomic E-state index is 0.131. The van der Waals surface area contributed by atoms with Gasteiger partial charge in [0.1, 0.15) is 0 Å². The van der Waals surface area contributed by atoms with E-state index in [2.05, 4.69) is 10.3 Å². The lowest BCUT2D eigenvalue weighted by Crippen LogP contribution is -2.22. The predicted molar refractivity (Wildman–Crippen MR) is 103 cm³/mol. The number of aromatic nitrogens is 1. The molecule has 134 valence electrons. The van der Waals surface area contributed by atoms with Crippen molar-refractivity contribution in [3.8, 4) is 0 Å². The van der Waals surface area contributed by atoms with Crippen LogP contribution in [-0.4, -0.2) is 28.7 Å². The molecule has 2 aromatic rings. The minimum Gasteiger partial charge on any atom is -0.466 e. The van der Waals surface area contributed by atoms with Crippen LogP contribution in [0.2, 0.25) is 10.0 Å². The van der Waals surface area contributed by atoms with Gasteiger partial charge in [-0.15, -0.1) is 11.3 Å². The lowest BCUT2D eigenvalue weighted by molar-refractivity contribution is -0.142. The second-order valence-electron chi connectivity index (χ2n) is 4.96. The first-order valence-corrected chi connectivity index (χ1v) is 9.93. The van der Waals surface area contributed by atoms with Gasteiger partial charge in [-0.25, -0.2) is 4.98 Å². The maximum atomic E-state index is 12.3. The average molecular weight is 419 g/mol. The number of anilines is 1. The van der Waals surface area contributed by atoms with E-state index in [0.717, 1.165) is 0 Å². The SMILES string of the molecule is CCOC(=O)Cc1csc(SC(C)C(=O)Nc2ccc(Cl)cc2Cl)n1. The van der Waals surface area contributed by atoms with Crippen molar-refractivity contribution >= 4 is 63.9 Å². The Bertz CT molecular complexity index is 768. The molecule has 0 spiro atoms. The van der Waals surface area contributed by atoms with Gasteiger partial charge in [0, 0.05) is 10.4 Å². The number of nitrogens with one attached hydrogen (secondary N) is 1. The second-order valence-corrected chi connectivity index (χ2v) is 8.25. The van der Waals surface area contributed by atoms with Crippen LogP contribution in [0, 0.1) is 0 Å². The van der Waals surface area contributed by atoms with Crippen LogP contribution in [0.5, 0.6) is 0 Å². The fraction of sp³-hybridized carbons (Fsp3) is 0.312. The van der Waals surface area contributed by atoms with Crippen molar-refractivity contribution in [1.82, 2.24) is 4.98 Å². The number of amides is 1. The normalized spacial score (nSPS) is 11.8. The number of nitrogens with zero attached hydrogens (tertiary/aromatic N) is 1. The standard InChI is InChI=1S/C16H16Cl2N2O3S2/c1-3-23-14(21)7-11-8-24-16(19-11)25-9(2)15(22)20-13-5-4-10(17)6-12(13)18/h4-6,8-9H,3,7H2,1-2H3,(H,20,22). The van der Waals surface area contributed by atoms with Gasteiger partial charge < -0.3 is 10.1 Å². The number of halogens is 2. The van der Waals surface area contributed by atoms with Crippen LogP contribution in [0.15, 0.2) is 27.9 Å². The summed E-state index contributed by atoms with van der Waals surface area (Å²) >= 11 is 14.6. The Kier molecular flexibility index (Phi) is 7.56. The highest BCUT2D eigenvalue weighted by Crippen LogP contribution is 2.29. The zero-order valence-corrected chi connectivity index (χ0v) is 16.7. The predicted octanol–water partition coefficient (Wildman–Crippen LogP) is 4.67. The highest BCUT2D eigenvalue weighted by molar-refractivity contribution is 8.02. The lowest BCUT2D eigenvalue weighted by atomic mass is 10.3. The minimum atomic E-state index is -0.381. The summed E-state index contributed by atoms with van der Waals surface area (Å²) in [7, 11) is 0. The van der Waals surface area contributed by atoms with E-state index in [9.17, 15) is 9.59 Å². The number of benzene rings is 1. The van der Waals surface area contributed by atoms with Gasteiger partial charge in [0.05, 0.1) is 34.7 Å². The molecule has 1 amide bonds. The summed E-state index contributed by atoms with van der Waals surface area (Å²) in [6, 6.07) is 4.88. The largest absolute Gasteiger partial charge is 0.466 e. The van der Waals surface area contributed by atoms with Crippen LogP contribution < -0.4 is 5.32 Å². The molecule has 25 heavy (non-hydrogen) atoms. The van der Waals surface area contributed by atoms with Crippen LogP contribution >= 0.6 is 46.3 Å². The third-order valence-electron chi connectivity index (χ3n) is 3.00. The van der Waals surface area contributed by atoms with Gasteiger partial charge in [-0.3, -0.25) is 9.59 Å². The Morgan fingerprint density at radius 3 is 2.84 bits per heavy atom. The number of carbonyl (C=O) groups excluding carboxylic acids is 2. The zero-order valence-electron chi connectivity index (χ0n) is 13.5. The van der Waals surface area contributed by atoms with Gasteiger partial charge in [-0.1, -0.05) is 35.0 Å². The van der Waals surface area contributed by atoms with Crippen molar-refractivity contribution in [2.45, 2.75) is 29.9 Å². The Morgan fingerprint density at radius 2 is 2.16 bits per heavy atom. The third kappa shape index (κ3) is 6.18. The molecule has 1 aromatic heterocycles. The van der Waals surface area contributed by atoms with Gasteiger partial charge in [-0.2, -0.15) is 0 Å². The van der Waals surface area contributed by atoms with E-state index < -0.39 is 0 Å².